The van der Waals surface area contributed by atoms with E-state index < -0.39 is 21.9 Å². The molecule has 0 bridgehead atoms. The summed E-state index contributed by atoms with van der Waals surface area (Å²) in [5.41, 5.74) is 2.40. The van der Waals surface area contributed by atoms with Crippen LogP contribution in [-0.4, -0.2) is 33.0 Å². The molecular weight excluding hydrogens is 591 g/mol. The number of carbonyl (C=O) groups is 1. The summed E-state index contributed by atoms with van der Waals surface area (Å²) >= 11 is 6.34. The number of ether oxygens (including phenoxy) is 2. The third-order valence-corrected chi connectivity index (χ3v) is 8.25. The SMILES string of the molecule is O=C(Cc1ccc(S(=O)(=O)CCCOCc2ccccc2)cc1)Nc1ccc(-c2ccccc2OC(F)(F)F)c(Cl)c1. The lowest BCUT2D eigenvalue weighted by Crippen LogP contribution is -2.17. The Morgan fingerprint density at radius 1 is 0.833 bits per heavy atom. The molecule has 0 unspecified atom stereocenters. The number of carbonyl (C=O) groups excluding carboxylic acids is 1. The van der Waals surface area contributed by atoms with Gasteiger partial charge in [0, 0.05) is 23.4 Å². The van der Waals surface area contributed by atoms with Crippen molar-refractivity contribution in [2.45, 2.75) is 30.7 Å². The van der Waals surface area contributed by atoms with Crippen LogP contribution in [0.2, 0.25) is 5.02 Å². The maximum atomic E-state index is 12.8. The second-order valence-corrected chi connectivity index (χ2v) is 11.8. The van der Waals surface area contributed by atoms with Crippen molar-refractivity contribution in [3.8, 4) is 16.9 Å². The van der Waals surface area contributed by atoms with Gasteiger partial charge in [0.05, 0.1) is 28.7 Å². The van der Waals surface area contributed by atoms with Gasteiger partial charge in [-0.1, -0.05) is 78.3 Å². The molecule has 0 aliphatic rings. The molecule has 4 aromatic rings. The minimum atomic E-state index is -4.86. The van der Waals surface area contributed by atoms with Crippen LogP contribution in [0, 0.1) is 0 Å². The Morgan fingerprint density at radius 3 is 2.21 bits per heavy atom. The van der Waals surface area contributed by atoms with Gasteiger partial charge in [-0.3, -0.25) is 4.79 Å². The van der Waals surface area contributed by atoms with E-state index in [1.807, 2.05) is 30.3 Å². The fraction of sp³-hybridized carbons (Fsp3) is 0.194. The lowest BCUT2D eigenvalue weighted by molar-refractivity contribution is -0.274. The molecule has 0 radical (unpaired) electrons. The average Bonchev–Trinajstić information content (AvgIpc) is 2.93. The largest absolute Gasteiger partial charge is 0.573 e. The highest BCUT2D eigenvalue weighted by Crippen LogP contribution is 2.38. The van der Waals surface area contributed by atoms with Gasteiger partial charge < -0.3 is 14.8 Å². The first kappa shape index (κ1) is 31.1. The summed E-state index contributed by atoms with van der Waals surface area (Å²) in [5.74, 6) is -0.845. The normalized spacial score (nSPS) is 11.7. The summed E-state index contributed by atoms with van der Waals surface area (Å²) in [5, 5.41) is 2.81. The Hall–Kier alpha value is -3.86. The number of hydrogen-bond donors (Lipinski definition) is 1. The summed E-state index contributed by atoms with van der Waals surface area (Å²) < 4.78 is 73.4. The molecule has 4 aromatic carbocycles. The first-order chi connectivity index (χ1) is 20.0. The number of alkyl halides is 3. The smallest absolute Gasteiger partial charge is 0.405 e. The van der Waals surface area contributed by atoms with E-state index in [1.165, 1.54) is 48.5 Å². The lowest BCUT2D eigenvalue weighted by atomic mass is 10.0. The van der Waals surface area contributed by atoms with E-state index in [0.717, 1.165) is 5.56 Å². The number of hydrogen-bond acceptors (Lipinski definition) is 5. The average molecular weight is 618 g/mol. The van der Waals surface area contributed by atoms with Gasteiger partial charge in [-0.05, 0) is 47.9 Å². The van der Waals surface area contributed by atoms with Gasteiger partial charge in [0.2, 0.25) is 5.91 Å². The molecule has 11 heteroatoms. The maximum absolute atomic E-state index is 12.8. The van der Waals surface area contributed by atoms with Crippen LogP contribution < -0.4 is 10.1 Å². The second kappa shape index (κ2) is 13.9. The van der Waals surface area contributed by atoms with Crippen LogP contribution in [0.4, 0.5) is 18.9 Å². The van der Waals surface area contributed by atoms with Crippen LogP contribution in [0.1, 0.15) is 17.5 Å². The van der Waals surface area contributed by atoms with E-state index in [1.54, 1.807) is 18.2 Å². The third-order valence-electron chi connectivity index (χ3n) is 6.12. The van der Waals surface area contributed by atoms with E-state index in [-0.39, 0.29) is 33.6 Å². The van der Waals surface area contributed by atoms with Crippen molar-refractivity contribution in [1.29, 1.82) is 0 Å². The zero-order valence-electron chi connectivity index (χ0n) is 22.2. The molecule has 0 saturated carbocycles. The van der Waals surface area contributed by atoms with Gasteiger partial charge in [0.25, 0.3) is 0 Å². The molecule has 4 rings (SSSR count). The molecule has 0 spiro atoms. The minimum Gasteiger partial charge on any atom is -0.405 e. The molecule has 220 valence electrons. The highest BCUT2D eigenvalue weighted by atomic mass is 35.5. The third kappa shape index (κ3) is 9.07. The summed E-state index contributed by atoms with van der Waals surface area (Å²) in [4.78, 5) is 12.8. The van der Waals surface area contributed by atoms with Gasteiger partial charge in [-0.25, -0.2) is 8.42 Å². The minimum absolute atomic E-state index is 0.0325. The Bertz CT molecular complexity index is 1610. The van der Waals surface area contributed by atoms with E-state index in [4.69, 9.17) is 16.3 Å². The van der Waals surface area contributed by atoms with Crippen molar-refractivity contribution in [3.63, 3.8) is 0 Å². The van der Waals surface area contributed by atoms with Gasteiger partial charge in [0.1, 0.15) is 5.75 Å². The number of nitrogens with one attached hydrogen (secondary N) is 1. The van der Waals surface area contributed by atoms with Crippen molar-refractivity contribution in [2.75, 3.05) is 17.7 Å². The van der Waals surface area contributed by atoms with Crippen molar-refractivity contribution < 1.29 is 35.9 Å². The Balaban J connectivity index is 1.30. The maximum Gasteiger partial charge on any atom is 0.573 e. The predicted octanol–water partition coefficient (Wildman–Crippen LogP) is 7.47. The van der Waals surface area contributed by atoms with Crippen LogP contribution in [0.25, 0.3) is 11.1 Å². The molecule has 0 saturated heterocycles. The van der Waals surface area contributed by atoms with Crippen LogP contribution in [0.3, 0.4) is 0 Å². The highest BCUT2D eigenvalue weighted by Gasteiger charge is 2.32. The molecule has 0 aromatic heterocycles. The predicted molar refractivity (Wildman–Crippen MR) is 155 cm³/mol. The van der Waals surface area contributed by atoms with Gasteiger partial charge in [-0.2, -0.15) is 0 Å². The molecule has 0 fully saturated rings. The number of rotatable bonds is 12. The van der Waals surface area contributed by atoms with Crippen LogP contribution in [0.15, 0.2) is 102 Å². The topological polar surface area (TPSA) is 81.7 Å². The fourth-order valence-electron chi connectivity index (χ4n) is 4.15. The van der Waals surface area contributed by atoms with E-state index >= 15 is 0 Å². The van der Waals surface area contributed by atoms with Crippen molar-refractivity contribution >= 4 is 33.0 Å². The Morgan fingerprint density at radius 2 is 1.52 bits per heavy atom. The second-order valence-electron chi connectivity index (χ2n) is 9.32. The number of para-hydroxylation sites is 1. The zero-order chi connectivity index (χ0) is 30.2. The number of benzene rings is 4. The summed E-state index contributed by atoms with van der Waals surface area (Å²) in [6.07, 6.45) is -4.55. The summed E-state index contributed by atoms with van der Waals surface area (Å²) in [6, 6.07) is 25.7. The van der Waals surface area contributed by atoms with Gasteiger partial charge >= 0.3 is 6.36 Å². The van der Waals surface area contributed by atoms with Crippen molar-refractivity contribution in [1.82, 2.24) is 0 Å². The molecule has 0 heterocycles. The number of amides is 1. The quantitative estimate of drug-likeness (QED) is 0.167. The number of halogens is 4. The summed E-state index contributed by atoms with van der Waals surface area (Å²) in [7, 11) is -3.51. The zero-order valence-corrected chi connectivity index (χ0v) is 23.8. The molecule has 6 nitrogen and oxygen atoms in total. The molecule has 42 heavy (non-hydrogen) atoms. The van der Waals surface area contributed by atoms with Crippen LogP contribution in [-0.2, 0) is 32.4 Å². The van der Waals surface area contributed by atoms with Crippen LogP contribution in [0.5, 0.6) is 5.75 Å². The van der Waals surface area contributed by atoms with Gasteiger partial charge in [-0.15, -0.1) is 13.2 Å². The van der Waals surface area contributed by atoms with E-state index in [0.29, 0.717) is 36.4 Å². The van der Waals surface area contributed by atoms with E-state index in [9.17, 15) is 26.4 Å². The molecular formula is C31H27ClF3NO5S. The molecule has 0 aliphatic heterocycles. The molecule has 0 atom stereocenters. The Labute approximate surface area is 247 Å². The first-order valence-corrected chi connectivity index (χ1v) is 14.9. The standard InChI is InChI=1S/C31H27ClF3NO5S/c32-28-20-24(13-16-26(28)27-9-4-5-10-29(27)41-31(33,34)35)36-30(37)19-22-11-14-25(15-12-22)42(38,39)18-6-17-40-21-23-7-2-1-3-8-23/h1-5,7-16,20H,6,17-19,21H2,(H,36,37). The molecule has 1 amide bonds. The Kier molecular flexibility index (Phi) is 10.3. The monoisotopic (exact) mass is 617 g/mol. The van der Waals surface area contributed by atoms with Gasteiger partial charge in [0.15, 0.2) is 9.84 Å². The fourth-order valence-corrected chi connectivity index (χ4v) is 5.72. The molecule has 0 aliphatic carbocycles. The summed E-state index contributed by atoms with van der Waals surface area (Å²) in [6.45, 7) is 0.726. The highest BCUT2D eigenvalue weighted by molar-refractivity contribution is 7.91. The number of sulfone groups is 1. The van der Waals surface area contributed by atoms with Crippen molar-refractivity contribution in [3.05, 3.63) is 113 Å². The number of anilines is 1. The van der Waals surface area contributed by atoms with Crippen molar-refractivity contribution in [2.24, 2.45) is 0 Å². The molecule has 1 N–H and O–H groups in total. The lowest BCUT2D eigenvalue weighted by Gasteiger charge is -2.15. The first-order valence-electron chi connectivity index (χ1n) is 12.9. The van der Waals surface area contributed by atoms with Crippen LogP contribution >= 0.6 is 11.6 Å². The van der Waals surface area contributed by atoms with E-state index in [2.05, 4.69) is 10.1 Å².